The number of aliphatic hydroxyl groups excluding tert-OH is 1. The summed E-state index contributed by atoms with van der Waals surface area (Å²) in [7, 11) is 1.55. The summed E-state index contributed by atoms with van der Waals surface area (Å²) in [6.07, 6.45) is 3.49. The Bertz CT molecular complexity index is 1310. The van der Waals surface area contributed by atoms with Gasteiger partial charge in [0.1, 0.15) is 17.6 Å². The maximum atomic E-state index is 13.2. The van der Waals surface area contributed by atoms with E-state index in [2.05, 4.69) is 20.2 Å². The predicted octanol–water partition coefficient (Wildman–Crippen LogP) is 2.79. The van der Waals surface area contributed by atoms with Crippen LogP contribution < -0.4 is 20.5 Å². The molecule has 2 aliphatic heterocycles. The topological polar surface area (TPSA) is 135 Å². The van der Waals surface area contributed by atoms with Crippen LogP contribution in [0.4, 0.5) is 17.3 Å². The van der Waals surface area contributed by atoms with Gasteiger partial charge in [0.15, 0.2) is 0 Å². The van der Waals surface area contributed by atoms with Crippen LogP contribution in [0.1, 0.15) is 23.2 Å². The Morgan fingerprint density at radius 1 is 1.10 bits per heavy atom. The number of piperazine rings is 1. The molecule has 3 heterocycles. The van der Waals surface area contributed by atoms with Gasteiger partial charge in [0, 0.05) is 69.1 Å². The molecule has 0 atom stereocenters. The maximum absolute atomic E-state index is 13.2. The lowest BCUT2D eigenvalue weighted by Crippen LogP contribution is -2.49. The summed E-state index contributed by atoms with van der Waals surface area (Å²) in [6.45, 7) is 4.83. The number of benzene rings is 2. The Balaban J connectivity index is 1.26. The van der Waals surface area contributed by atoms with Crippen LogP contribution in [0.2, 0.25) is 0 Å². The molecule has 212 valence electrons. The number of amides is 1. The zero-order valence-corrected chi connectivity index (χ0v) is 22.7. The van der Waals surface area contributed by atoms with E-state index in [-0.39, 0.29) is 18.6 Å². The molecule has 2 saturated heterocycles. The molecule has 2 fully saturated rings. The number of aromatic nitrogens is 2. The van der Waals surface area contributed by atoms with Crippen molar-refractivity contribution in [3.05, 3.63) is 54.2 Å². The van der Waals surface area contributed by atoms with E-state index in [1.807, 2.05) is 35.2 Å². The second-order valence-corrected chi connectivity index (χ2v) is 9.85. The predicted molar refractivity (Wildman–Crippen MR) is 152 cm³/mol. The van der Waals surface area contributed by atoms with Crippen molar-refractivity contribution < 1.29 is 24.1 Å². The molecule has 3 aromatic rings. The van der Waals surface area contributed by atoms with Gasteiger partial charge in [-0.2, -0.15) is 0 Å². The Labute approximate surface area is 233 Å². The number of hydrogen-bond acceptors (Lipinski definition) is 10. The minimum Gasteiger partial charge on any atom is -0.496 e. The third-order valence-electron chi connectivity index (χ3n) is 7.19. The number of anilines is 3. The summed E-state index contributed by atoms with van der Waals surface area (Å²) >= 11 is 0. The Morgan fingerprint density at radius 3 is 2.62 bits per heavy atom. The number of carbonyl (C=O) groups excluding carboxylic acids is 1. The lowest BCUT2D eigenvalue weighted by atomic mass is 10.1. The van der Waals surface area contributed by atoms with Gasteiger partial charge in [-0.05, 0) is 36.4 Å². The van der Waals surface area contributed by atoms with Crippen LogP contribution >= 0.6 is 0 Å². The third-order valence-corrected chi connectivity index (χ3v) is 7.19. The third kappa shape index (κ3) is 6.61. The molecule has 1 aromatic heterocycles. The number of methoxy groups -OCH3 is 1. The van der Waals surface area contributed by atoms with E-state index >= 15 is 0 Å². The molecule has 11 nitrogen and oxygen atoms in total. The lowest BCUT2D eigenvalue weighted by molar-refractivity contribution is 0.0258. The molecule has 1 amide bonds. The number of β-amino-alcohol motifs (C(OH)–C–C–N with tert-alkyl or cyclic N) is 1. The van der Waals surface area contributed by atoms with Crippen molar-refractivity contribution in [3.63, 3.8) is 0 Å². The van der Waals surface area contributed by atoms with Crippen LogP contribution in [0.25, 0.3) is 11.3 Å². The first kappa shape index (κ1) is 27.6. The number of nitrogens with two attached hydrogens (primary N) is 1. The van der Waals surface area contributed by atoms with Gasteiger partial charge in [-0.15, -0.1) is 0 Å². The average Bonchev–Trinajstić information content (AvgIpc) is 2.99. The molecule has 4 N–H and O–H groups in total. The highest BCUT2D eigenvalue weighted by Crippen LogP contribution is 2.31. The van der Waals surface area contributed by atoms with E-state index in [1.54, 1.807) is 25.4 Å². The zero-order chi connectivity index (χ0) is 27.9. The second-order valence-electron chi connectivity index (χ2n) is 9.85. The first-order valence-electron chi connectivity index (χ1n) is 13.6. The largest absolute Gasteiger partial charge is 0.496 e. The molecule has 40 heavy (non-hydrogen) atoms. The number of nitrogens with one attached hydrogen (secondary N) is 1. The quantitative estimate of drug-likeness (QED) is 0.343. The minimum absolute atomic E-state index is 0.0767. The smallest absolute Gasteiger partial charge is 0.257 e. The highest BCUT2D eigenvalue weighted by atomic mass is 16.5. The fourth-order valence-electron chi connectivity index (χ4n) is 4.93. The van der Waals surface area contributed by atoms with Crippen LogP contribution in [-0.2, 0) is 4.74 Å². The lowest BCUT2D eigenvalue weighted by Gasteiger charge is -2.34. The first-order valence-corrected chi connectivity index (χ1v) is 13.6. The zero-order valence-electron chi connectivity index (χ0n) is 22.7. The molecule has 2 aliphatic rings. The van der Waals surface area contributed by atoms with Crippen molar-refractivity contribution in [2.75, 3.05) is 70.7 Å². The highest BCUT2D eigenvalue weighted by Gasteiger charge is 2.24. The van der Waals surface area contributed by atoms with E-state index in [0.717, 1.165) is 31.5 Å². The van der Waals surface area contributed by atoms with Crippen LogP contribution in [0.15, 0.2) is 48.7 Å². The van der Waals surface area contributed by atoms with Gasteiger partial charge in [0.05, 0.1) is 43.9 Å². The van der Waals surface area contributed by atoms with E-state index in [9.17, 15) is 4.79 Å². The summed E-state index contributed by atoms with van der Waals surface area (Å²) in [6, 6.07) is 12.8. The fourth-order valence-corrected chi connectivity index (χ4v) is 4.93. The standard InChI is InChI=1S/C29H36N6O5/c1-38-27-19-21(3-4-23(27)28(37)35-12-10-34(11-13-35)14-15-36)32-29-31-9-6-25(33-29)20-2-5-26(24(30)18-20)40-22-7-16-39-17-8-22/h2-6,9,18-19,22,36H,7-8,10-17,30H2,1H3,(H,31,32,33). The number of nitrogens with zero attached hydrogens (tertiary/aromatic N) is 4. The van der Waals surface area contributed by atoms with Crippen LogP contribution in [-0.4, -0.2) is 96.5 Å². The van der Waals surface area contributed by atoms with Gasteiger partial charge < -0.3 is 35.3 Å². The van der Waals surface area contributed by atoms with Gasteiger partial charge in [0.25, 0.3) is 5.91 Å². The molecular formula is C29H36N6O5. The number of rotatable bonds is 9. The van der Waals surface area contributed by atoms with Crippen LogP contribution in [0, 0.1) is 0 Å². The summed E-state index contributed by atoms with van der Waals surface area (Å²) in [5.74, 6) is 1.46. The number of nitrogen functional groups attached to an aromatic ring is 1. The van der Waals surface area contributed by atoms with Gasteiger partial charge in [-0.1, -0.05) is 0 Å². The number of ether oxygens (including phenoxy) is 3. The number of aliphatic hydroxyl groups is 1. The van der Waals surface area contributed by atoms with E-state index in [4.69, 9.17) is 25.1 Å². The first-order chi connectivity index (χ1) is 19.5. The minimum atomic E-state index is -0.0767. The van der Waals surface area contributed by atoms with E-state index in [0.29, 0.717) is 72.9 Å². The number of carbonyl (C=O) groups is 1. The average molecular weight is 549 g/mol. The molecule has 0 aliphatic carbocycles. The summed E-state index contributed by atoms with van der Waals surface area (Å²) in [5.41, 5.74) is 9.61. The Morgan fingerprint density at radius 2 is 1.90 bits per heavy atom. The van der Waals surface area contributed by atoms with Crippen LogP contribution in [0.5, 0.6) is 11.5 Å². The molecule has 0 saturated carbocycles. The molecule has 0 radical (unpaired) electrons. The maximum Gasteiger partial charge on any atom is 0.257 e. The van der Waals surface area contributed by atoms with Gasteiger partial charge in [0.2, 0.25) is 5.95 Å². The Hall–Kier alpha value is -3.93. The highest BCUT2D eigenvalue weighted by molar-refractivity contribution is 5.97. The van der Waals surface area contributed by atoms with E-state index in [1.165, 1.54) is 0 Å². The van der Waals surface area contributed by atoms with Crippen molar-refractivity contribution in [2.24, 2.45) is 0 Å². The molecular weight excluding hydrogens is 512 g/mol. The SMILES string of the molecule is COc1cc(Nc2nccc(-c3ccc(OC4CCOCC4)c(N)c3)n2)ccc1C(=O)N1CCN(CCO)CC1. The molecule has 2 aromatic carbocycles. The normalized spacial score (nSPS) is 16.5. The summed E-state index contributed by atoms with van der Waals surface area (Å²) in [4.78, 5) is 26.2. The Kier molecular flexibility index (Phi) is 8.94. The van der Waals surface area contributed by atoms with Crippen molar-refractivity contribution in [1.29, 1.82) is 0 Å². The van der Waals surface area contributed by atoms with Crippen molar-refractivity contribution in [1.82, 2.24) is 19.8 Å². The molecule has 11 heteroatoms. The molecule has 0 spiro atoms. The van der Waals surface area contributed by atoms with Crippen molar-refractivity contribution in [3.8, 4) is 22.8 Å². The summed E-state index contributed by atoms with van der Waals surface area (Å²) < 4.78 is 17.0. The molecule has 0 unspecified atom stereocenters. The van der Waals surface area contributed by atoms with Crippen molar-refractivity contribution >= 4 is 23.2 Å². The van der Waals surface area contributed by atoms with Gasteiger partial charge in [-0.3, -0.25) is 9.69 Å². The monoisotopic (exact) mass is 548 g/mol. The molecule has 5 rings (SSSR count). The van der Waals surface area contributed by atoms with E-state index < -0.39 is 0 Å². The molecule has 0 bridgehead atoms. The number of hydrogen-bond donors (Lipinski definition) is 3. The van der Waals surface area contributed by atoms with Crippen molar-refractivity contribution in [2.45, 2.75) is 18.9 Å². The summed E-state index contributed by atoms with van der Waals surface area (Å²) in [5, 5.41) is 12.4. The van der Waals surface area contributed by atoms with Crippen LogP contribution in [0.3, 0.4) is 0 Å². The fraction of sp³-hybridized carbons (Fsp3) is 0.414. The second kappa shape index (κ2) is 12.9. The van der Waals surface area contributed by atoms with Gasteiger partial charge >= 0.3 is 0 Å². The van der Waals surface area contributed by atoms with Gasteiger partial charge in [-0.25, -0.2) is 9.97 Å².